The van der Waals surface area contributed by atoms with E-state index < -0.39 is 6.10 Å². The van der Waals surface area contributed by atoms with Crippen molar-refractivity contribution in [3.8, 4) is 0 Å². The van der Waals surface area contributed by atoms with Gasteiger partial charge in [-0.25, -0.2) is 4.79 Å². The van der Waals surface area contributed by atoms with E-state index >= 15 is 0 Å². The number of ether oxygens (including phenoxy) is 1. The number of benzene rings is 1. The third-order valence-corrected chi connectivity index (χ3v) is 6.35. The second-order valence-electron chi connectivity index (χ2n) is 8.38. The number of carbonyl (C=O) groups excluding carboxylic acids is 2. The fourth-order valence-corrected chi connectivity index (χ4v) is 4.48. The van der Waals surface area contributed by atoms with Crippen LogP contribution in [0.3, 0.4) is 0 Å². The Morgan fingerprint density at radius 3 is 2.77 bits per heavy atom. The Kier molecular flexibility index (Phi) is 5.75. The van der Waals surface area contributed by atoms with Crippen LogP contribution >= 0.6 is 0 Å². The minimum atomic E-state index is -0.508. The number of esters is 1. The first-order valence-electron chi connectivity index (χ1n) is 10.7. The van der Waals surface area contributed by atoms with Crippen LogP contribution in [0.1, 0.15) is 64.7 Å². The Bertz CT molecular complexity index is 992. The highest BCUT2D eigenvalue weighted by molar-refractivity contribution is 5.94. The summed E-state index contributed by atoms with van der Waals surface area (Å²) in [6.07, 6.45) is 7.24. The van der Waals surface area contributed by atoms with Gasteiger partial charge in [-0.3, -0.25) is 9.48 Å². The van der Waals surface area contributed by atoms with E-state index in [4.69, 9.17) is 4.74 Å². The number of hydrogen-bond acceptors (Lipinski definition) is 4. The predicted molar refractivity (Wildman–Crippen MR) is 114 cm³/mol. The monoisotopic (exact) mass is 407 g/mol. The van der Waals surface area contributed by atoms with E-state index in [0.717, 1.165) is 41.8 Å². The molecule has 4 rings (SSSR count). The number of cyclic esters (lactones) is 1. The number of aromatic nitrogens is 2. The summed E-state index contributed by atoms with van der Waals surface area (Å²) in [5.74, 6) is 0.127. The van der Waals surface area contributed by atoms with Gasteiger partial charge in [0.15, 0.2) is 0 Å². The van der Waals surface area contributed by atoms with Crippen molar-refractivity contribution in [3.05, 3.63) is 64.5 Å². The number of hydrogen-bond donors (Lipinski definition) is 0. The van der Waals surface area contributed by atoms with Crippen molar-refractivity contribution in [1.82, 2.24) is 14.7 Å². The van der Waals surface area contributed by atoms with Gasteiger partial charge in [0.1, 0.15) is 6.10 Å². The second kappa shape index (κ2) is 8.46. The van der Waals surface area contributed by atoms with Gasteiger partial charge in [-0.15, -0.1) is 0 Å². The van der Waals surface area contributed by atoms with Gasteiger partial charge in [0.05, 0.1) is 17.7 Å². The number of carbonyl (C=O) groups is 2. The smallest absolute Gasteiger partial charge is 0.339 e. The highest BCUT2D eigenvalue weighted by Gasteiger charge is 2.34. The summed E-state index contributed by atoms with van der Waals surface area (Å²) in [5.41, 5.74) is 4.50. The molecule has 2 aliphatic rings. The Morgan fingerprint density at radius 2 is 2.07 bits per heavy atom. The van der Waals surface area contributed by atoms with Crippen LogP contribution < -0.4 is 0 Å². The van der Waals surface area contributed by atoms with E-state index in [-0.39, 0.29) is 18.3 Å². The molecule has 2 atom stereocenters. The molecule has 0 fully saturated rings. The maximum absolute atomic E-state index is 13.4. The zero-order valence-electron chi connectivity index (χ0n) is 17.9. The molecule has 0 spiro atoms. The van der Waals surface area contributed by atoms with E-state index in [1.807, 2.05) is 48.7 Å². The molecular weight excluding hydrogens is 378 g/mol. The summed E-state index contributed by atoms with van der Waals surface area (Å²) in [5, 5.41) is 4.51. The Balaban J connectivity index is 1.54. The number of amides is 1. The molecule has 1 aliphatic heterocycles. The zero-order chi connectivity index (χ0) is 21.3. The second-order valence-corrected chi connectivity index (χ2v) is 8.38. The highest BCUT2D eigenvalue weighted by Crippen LogP contribution is 2.34. The number of rotatable bonds is 6. The highest BCUT2D eigenvalue weighted by atomic mass is 16.5. The molecule has 2 aromatic rings. The van der Waals surface area contributed by atoms with E-state index in [1.165, 1.54) is 0 Å². The average Bonchev–Trinajstić information content (AvgIpc) is 3.18. The molecule has 1 aromatic carbocycles. The van der Waals surface area contributed by atoms with Crippen molar-refractivity contribution in [2.24, 2.45) is 13.0 Å². The maximum atomic E-state index is 13.4. The maximum Gasteiger partial charge on any atom is 0.339 e. The first-order chi connectivity index (χ1) is 14.4. The first-order valence-corrected chi connectivity index (χ1v) is 10.7. The van der Waals surface area contributed by atoms with Crippen LogP contribution in [0.2, 0.25) is 0 Å². The van der Waals surface area contributed by atoms with Crippen molar-refractivity contribution in [2.75, 3.05) is 6.54 Å². The summed E-state index contributed by atoms with van der Waals surface area (Å²) in [7, 11) is 1.93. The molecule has 0 N–H and O–H groups in total. The molecule has 0 saturated heterocycles. The lowest BCUT2D eigenvalue weighted by atomic mass is 9.93. The van der Waals surface area contributed by atoms with Gasteiger partial charge in [-0.1, -0.05) is 30.4 Å². The third-order valence-electron chi connectivity index (χ3n) is 6.35. The number of nitrogens with zero attached hydrogens (tertiary/aromatic N) is 3. The number of fused-ring (bicyclic) bond motifs is 1. The van der Waals surface area contributed by atoms with Crippen LogP contribution in [0, 0.1) is 19.8 Å². The van der Waals surface area contributed by atoms with Crippen molar-refractivity contribution < 1.29 is 14.3 Å². The topological polar surface area (TPSA) is 64.4 Å². The van der Waals surface area contributed by atoms with E-state index in [2.05, 4.69) is 17.3 Å². The van der Waals surface area contributed by atoms with Gasteiger partial charge in [-0.05, 0) is 45.1 Å². The van der Waals surface area contributed by atoms with Gasteiger partial charge < -0.3 is 9.64 Å². The van der Waals surface area contributed by atoms with E-state index in [0.29, 0.717) is 24.6 Å². The van der Waals surface area contributed by atoms with Crippen LogP contribution in [0.25, 0.3) is 0 Å². The van der Waals surface area contributed by atoms with Crippen LogP contribution in [0.15, 0.2) is 36.4 Å². The molecule has 0 bridgehead atoms. The van der Waals surface area contributed by atoms with Gasteiger partial charge in [0.2, 0.25) is 5.91 Å². The average molecular weight is 408 g/mol. The summed E-state index contributed by atoms with van der Waals surface area (Å²) in [6.45, 7) is 5.27. The zero-order valence-corrected chi connectivity index (χ0v) is 17.9. The van der Waals surface area contributed by atoms with Gasteiger partial charge >= 0.3 is 5.97 Å². The molecular formula is C24H29N3O3. The van der Waals surface area contributed by atoms with Gasteiger partial charge in [0, 0.05) is 37.0 Å². The summed E-state index contributed by atoms with van der Waals surface area (Å²) in [6, 6.07) is 7.34. The normalized spacial score (nSPS) is 20.2. The molecule has 0 saturated carbocycles. The SMILES string of the molecule is Cc1nn(C)c(C)c1CN(CC1CC=CCC1)C(=O)CC1OC(=O)c2ccccc21. The molecule has 1 amide bonds. The number of allylic oxidation sites excluding steroid dienone is 2. The Hall–Kier alpha value is -2.89. The summed E-state index contributed by atoms with van der Waals surface area (Å²) >= 11 is 0. The molecule has 158 valence electrons. The van der Waals surface area contributed by atoms with Gasteiger partial charge in [0.25, 0.3) is 0 Å². The lowest BCUT2D eigenvalue weighted by Crippen LogP contribution is -2.36. The van der Waals surface area contributed by atoms with Crippen molar-refractivity contribution in [1.29, 1.82) is 0 Å². The van der Waals surface area contributed by atoms with Crippen molar-refractivity contribution >= 4 is 11.9 Å². The fraction of sp³-hybridized carbons (Fsp3) is 0.458. The molecule has 6 nitrogen and oxygen atoms in total. The molecule has 2 heterocycles. The van der Waals surface area contributed by atoms with Crippen molar-refractivity contribution in [2.45, 2.75) is 52.2 Å². The quantitative estimate of drug-likeness (QED) is 0.536. The van der Waals surface area contributed by atoms with Crippen LogP contribution in [0.5, 0.6) is 0 Å². The molecule has 1 aliphatic carbocycles. The fourth-order valence-electron chi connectivity index (χ4n) is 4.48. The molecule has 0 radical (unpaired) electrons. The predicted octanol–water partition coefficient (Wildman–Crippen LogP) is 4.02. The Morgan fingerprint density at radius 1 is 1.27 bits per heavy atom. The van der Waals surface area contributed by atoms with Gasteiger partial charge in [-0.2, -0.15) is 5.10 Å². The summed E-state index contributed by atoms with van der Waals surface area (Å²) in [4.78, 5) is 27.5. The lowest BCUT2D eigenvalue weighted by Gasteiger charge is -2.29. The molecule has 1 aromatic heterocycles. The largest absolute Gasteiger partial charge is 0.453 e. The summed E-state index contributed by atoms with van der Waals surface area (Å²) < 4.78 is 7.40. The van der Waals surface area contributed by atoms with Crippen molar-refractivity contribution in [3.63, 3.8) is 0 Å². The van der Waals surface area contributed by atoms with Crippen LogP contribution in [-0.2, 0) is 23.1 Å². The van der Waals surface area contributed by atoms with Crippen LogP contribution in [-0.4, -0.2) is 33.1 Å². The van der Waals surface area contributed by atoms with E-state index in [1.54, 1.807) is 6.07 Å². The molecule has 30 heavy (non-hydrogen) atoms. The minimum Gasteiger partial charge on any atom is -0.453 e. The van der Waals surface area contributed by atoms with Crippen LogP contribution in [0.4, 0.5) is 0 Å². The third kappa shape index (κ3) is 4.04. The van der Waals surface area contributed by atoms with E-state index in [9.17, 15) is 9.59 Å². The molecule has 2 unspecified atom stereocenters. The minimum absolute atomic E-state index is 0.0155. The number of aryl methyl sites for hydroxylation is 2. The lowest BCUT2D eigenvalue weighted by molar-refractivity contribution is -0.134. The molecule has 6 heteroatoms. The standard InChI is InChI=1S/C24H29N3O3/c1-16-21(17(2)26(3)25-16)15-27(14-18-9-5-4-6-10-18)23(28)13-22-19-11-7-8-12-20(19)24(29)30-22/h4-5,7-8,11-12,18,22H,6,9-10,13-15H2,1-3H3. The first kappa shape index (κ1) is 20.4. The Labute approximate surface area is 177 Å².